The zero-order valence-corrected chi connectivity index (χ0v) is 11.0. The molecule has 0 bridgehead atoms. The molecule has 0 atom stereocenters. The number of hydrogen-bond acceptors (Lipinski definition) is 4. The van der Waals surface area contributed by atoms with Crippen molar-refractivity contribution in [2.75, 3.05) is 0 Å². The maximum Gasteiger partial charge on any atom is 0.342 e. The molecule has 3 heterocycles. The largest absolute Gasteiger partial charge is 0.482 e. The Morgan fingerprint density at radius 3 is 2.90 bits per heavy atom. The van der Waals surface area contributed by atoms with Crippen molar-refractivity contribution in [2.45, 2.75) is 6.61 Å². The van der Waals surface area contributed by atoms with E-state index in [2.05, 4.69) is 0 Å². The first-order chi connectivity index (χ1) is 10.0. The van der Waals surface area contributed by atoms with Crippen molar-refractivity contribution >= 4 is 33.0 Å². The minimum absolute atomic E-state index is 0.0234. The van der Waals surface area contributed by atoms with Crippen molar-refractivity contribution in [2.24, 2.45) is 0 Å². The van der Waals surface area contributed by atoms with Gasteiger partial charge in [-0.25, -0.2) is 9.18 Å². The first-order valence-corrected chi connectivity index (χ1v) is 6.71. The molecule has 0 aliphatic carbocycles. The number of carboxylic acids is 1. The Bertz CT molecular complexity index is 1020. The molecule has 0 radical (unpaired) electrons. The summed E-state index contributed by atoms with van der Waals surface area (Å²) in [6, 6.07) is 0.714. The second-order valence-corrected chi connectivity index (χ2v) is 5.42. The highest BCUT2D eigenvalue weighted by Crippen LogP contribution is 2.37. The molecule has 8 heteroatoms. The molecule has 0 fully saturated rings. The zero-order valence-electron chi connectivity index (χ0n) is 10.1. The highest BCUT2D eigenvalue weighted by molar-refractivity contribution is 7.16. The van der Waals surface area contributed by atoms with Gasteiger partial charge >= 0.3 is 5.97 Å². The number of halogens is 2. The van der Waals surface area contributed by atoms with E-state index in [9.17, 15) is 23.5 Å². The van der Waals surface area contributed by atoms with E-state index in [1.54, 1.807) is 5.38 Å². The van der Waals surface area contributed by atoms with E-state index in [0.717, 1.165) is 11.3 Å². The van der Waals surface area contributed by atoms with Crippen LogP contribution in [0, 0.1) is 11.6 Å². The lowest BCUT2D eigenvalue weighted by atomic mass is 10.1. The van der Waals surface area contributed by atoms with Gasteiger partial charge in [0.2, 0.25) is 11.2 Å². The molecule has 0 unspecified atom stereocenters. The SMILES string of the molecule is O=C(O)c1c(=O)c2cc(F)c(F)c3c2n2c(csc12)CO3. The number of carboxylic acid groups (broad SMARTS) is 1. The van der Waals surface area contributed by atoms with Gasteiger partial charge in [-0.05, 0) is 6.07 Å². The second-order valence-electron chi connectivity index (χ2n) is 4.56. The van der Waals surface area contributed by atoms with Crippen molar-refractivity contribution in [3.8, 4) is 5.75 Å². The maximum atomic E-state index is 13.9. The van der Waals surface area contributed by atoms with Crippen LogP contribution in [0.2, 0.25) is 0 Å². The summed E-state index contributed by atoms with van der Waals surface area (Å²) < 4.78 is 34.1. The molecule has 1 aliphatic rings. The quantitative estimate of drug-likeness (QED) is 0.749. The lowest BCUT2D eigenvalue weighted by Crippen LogP contribution is -2.21. The molecule has 2 aromatic heterocycles. The molecule has 106 valence electrons. The number of thiazole rings is 1. The Balaban J connectivity index is 2.42. The molecule has 3 aromatic rings. The molecule has 1 aromatic carbocycles. The fourth-order valence-electron chi connectivity index (χ4n) is 2.56. The zero-order chi connectivity index (χ0) is 14.9. The number of pyridine rings is 1. The van der Waals surface area contributed by atoms with E-state index in [4.69, 9.17) is 4.74 Å². The number of benzene rings is 1. The average Bonchev–Trinajstić information content (AvgIpc) is 2.86. The van der Waals surface area contributed by atoms with E-state index >= 15 is 0 Å². The van der Waals surface area contributed by atoms with Crippen molar-refractivity contribution in [3.05, 3.63) is 44.6 Å². The van der Waals surface area contributed by atoms with Crippen LogP contribution in [0.4, 0.5) is 8.78 Å². The van der Waals surface area contributed by atoms with Gasteiger partial charge in [0.25, 0.3) is 0 Å². The van der Waals surface area contributed by atoms with Crippen LogP contribution in [-0.4, -0.2) is 15.5 Å². The summed E-state index contributed by atoms with van der Waals surface area (Å²) in [4.78, 5) is 23.8. The predicted molar refractivity (Wildman–Crippen MR) is 70.3 cm³/mol. The molecular formula is C13H5F2NO4S. The molecule has 21 heavy (non-hydrogen) atoms. The molecule has 1 N–H and O–H groups in total. The Hall–Kier alpha value is -2.48. The van der Waals surface area contributed by atoms with Gasteiger partial charge in [-0.2, -0.15) is 4.39 Å². The molecule has 1 aliphatic heterocycles. The van der Waals surface area contributed by atoms with Crippen LogP contribution in [0.15, 0.2) is 16.2 Å². The van der Waals surface area contributed by atoms with Crippen LogP contribution >= 0.6 is 11.3 Å². The Morgan fingerprint density at radius 1 is 1.43 bits per heavy atom. The smallest absolute Gasteiger partial charge is 0.342 e. The van der Waals surface area contributed by atoms with Gasteiger partial charge in [-0.3, -0.25) is 9.20 Å². The number of nitrogens with zero attached hydrogens (tertiary/aromatic N) is 1. The normalized spacial score (nSPS) is 13.0. The maximum absolute atomic E-state index is 13.9. The topological polar surface area (TPSA) is 68.0 Å². The van der Waals surface area contributed by atoms with Crippen molar-refractivity contribution < 1.29 is 23.4 Å². The lowest BCUT2D eigenvalue weighted by molar-refractivity contribution is 0.0697. The van der Waals surface area contributed by atoms with Crippen LogP contribution in [-0.2, 0) is 6.61 Å². The second kappa shape index (κ2) is 3.79. The molecule has 0 spiro atoms. The van der Waals surface area contributed by atoms with Crippen molar-refractivity contribution in [1.29, 1.82) is 0 Å². The van der Waals surface area contributed by atoms with E-state index < -0.39 is 28.6 Å². The third-order valence-electron chi connectivity index (χ3n) is 3.43. The highest BCUT2D eigenvalue weighted by Gasteiger charge is 2.28. The molecule has 0 saturated carbocycles. The van der Waals surface area contributed by atoms with Gasteiger partial charge in [-0.15, -0.1) is 11.3 Å². The van der Waals surface area contributed by atoms with Crippen LogP contribution in [0.5, 0.6) is 5.75 Å². The van der Waals surface area contributed by atoms with Crippen molar-refractivity contribution in [3.63, 3.8) is 0 Å². The van der Waals surface area contributed by atoms with Gasteiger partial charge < -0.3 is 9.84 Å². The number of ether oxygens (including phenoxy) is 1. The molecule has 0 saturated heterocycles. The summed E-state index contributed by atoms with van der Waals surface area (Å²) in [7, 11) is 0. The molecule has 4 rings (SSSR count). The first kappa shape index (κ1) is 12.3. The number of rotatable bonds is 1. The van der Waals surface area contributed by atoms with Crippen LogP contribution in [0.25, 0.3) is 15.7 Å². The minimum Gasteiger partial charge on any atom is -0.482 e. The summed E-state index contributed by atoms with van der Waals surface area (Å²) in [5.74, 6) is -4.19. The monoisotopic (exact) mass is 309 g/mol. The summed E-state index contributed by atoms with van der Waals surface area (Å²) >= 11 is 1.05. The standard InChI is InChI=1S/C13H5F2NO4S/c14-6-1-5-9-11(8(6)15)20-2-4-3-21-12(16(4)9)7(10(5)17)13(18)19/h1,3H,2H2,(H,18,19). The molecular weight excluding hydrogens is 304 g/mol. The summed E-state index contributed by atoms with van der Waals surface area (Å²) in [5.41, 5.74) is -0.642. The van der Waals surface area contributed by atoms with E-state index in [1.165, 1.54) is 4.40 Å². The lowest BCUT2D eigenvalue weighted by Gasteiger charge is -2.18. The van der Waals surface area contributed by atoms with Gasteiger partial charge in [0.1, 0.15) is 22.5 Å². The van der Waals surface area contributed by atoms with E-state index in [0.29, 0.717) is 11.8 Å². The Labute approximate surface area is 118 Å². The van der Waals surface area contributed by atoms with Gasteiger partial charge in [0, 0.05) is 5.38 Å². The third kappa shape index (κ3) is 1.37. The molecule has 5 nitrogen and oxygen atoms in total. The number of aromatic nitrogens is 1. The number of carbonyl (C=O) groups is 1. The summed E-state index contributed by atoms with van der Waals surface area (Å²) in [5, 5.41) is 10.7. The van der Waals surface area contributed by atoms with E-state index in [-0.39, 0.29) is 28.1 Å². The first-order valence-electron chi connectivity index (χ1n) is 5.83. The molecule has 0 amide bonds. The third-order valence-corrected chi connectivity index (χ3v) is 4.43. The van der Waals surface area contributed by atoms with Gasteiger partial charge in [-0.1, -0.05) is 0 Å². The highest BCUT2D eigenvalue weighted by atomic mass is 32.1. The number of aromatic carboxylic acids is 1. The van der Waals surface area contributed by atoms with Crippen LogP contribution in [0.3, 0.4) is 0 Å². The van der Waals surface area contributed by atoms with Gasteiger partial charge in [0.05, 0.1) is 11.1 Å². The van der Waals surface area contributed by atoms with Gasteiger partial charge in [0.15, 0.2) is 11.6 Å². The van der Waals surface area contributed by atoms with E-state index in [1.807, 2.05) is 0 Å². The summed E-state index contributed by atoms with van der Waals surface area (Å²) in [6.45, 7) is -0.0234. The Kier molecular flexibility index (Phi) is 2.22. The average molecular weight is 309 g/mol. The van der Waals surface area contributed by atoms with Crippen molar-refractivity contribution in [1.82, 2.24) is 4.40 Å². The summed E-state index contributed by atoms with van der Waals surface area (Å²) in [6.07, 6.45) is 0. The Morgan fingerprint density at radius 2 is 2.19 bits per heavy atom. The van der Waals surface area contributed by atoms with Crippen LogP contribution < -0.4 is 10.2 Å². The van der Waals surface area contributed by atoms with Crippen LogP contribution in [0.1, 0.15) is 16.1 Å². The predicted octanol–water partition coefficient (Wildman–Crippen LogP) is 2.38. The number of hydrogen-bond donors (Lipinski definition) is 1. The fourth-order valence-corrected chi connectivity index (χ4v) is 3.59. The fraction of sp³-hybridized carbons (Fsp3) is 0.0769. The minimum atomic E-state index is -1.40.